The number of hydrogen-bond acceptors (Lipinski definition) is 4. The predicted octanol–water partition coefficient (Wildman–Crippen LogP) is 0.848. The van der Waals surface area contributed by atoms with Crippen molar-refractivity contribution in [3.63, 3.8) is 0 Å². The van der Waals surface area contributed by atoms with Crippen molar-refractivity contribution < 1.29 is 14.3 Å². The molecule has 6 nitrogen and oxygen atoms in total. The predicted molar refractivity (Wildman–Crippen MR) is 75.6 cm³/mol. The maximum Gasteiger partial charge on any atom is 0.340 e. The summed E-state index contributed by atoms with van der Waals surface area (Å²) in [4.78, 5) is 36.4. The summed E-state index contributed by atoms with van der Waals surface area (Å²) in [6, 6.07) is 11.9. The smallest absolute Gasteiger partial charge is 0.340 e. The van der Waals surface area contributed by atoms with E-state index in [-0.39, 0.29) is 17.7 Å². The lowest BCUT2D eigenvalue weighted by Gasteiger charge is -2.06. The Hall–Kier alpha value is -2.89. The van der Waals surface area contributed by atoms with Gasteiger partial charge >= 0.3 is 5.97 Å². The van der Waals surface area contributed by atoms with Crippen LogP contribution in [0, 0.1) is 0 Å². The molecule has 0 aliphatic rings. The topological polar surface area (TPSA) is 88.3 Å². The zero-order valence-corrected chi connectivity index (χ0v) is 11.2. The van der Waals surface area contributed by atoms with E-state index in [0.717, 1.165) is 5.56 Å². The number of H-pyrrole nitrogens is 1. The number of rotatable bonds is 5. The summed E-state index contributed by atoms with van der Waals surface area (Å²) in [6.45, 7) is 0.000668. The molecule has 0 saturated heterocycles. The first-order valence-electron chi connectivity index (χ1n) is 6.31. The SMILES string of the molecule is O=C(COC(=O)c1ccc(=O)[nH]c1)NCc1ccccc1. The highest BCUT2D eigenvalue weighted by Crippen LogP contribution is 1.98. The molecule has 0 spiro atoms. The number of aromatic amines is 1. The van der Waals surface area contributed by atoms with Crippen molar-refractivity contribution in [2.75, 3.05) is 6.61 Å². The van der Waals surface area contributed by atoms with E-state index in [1.54, 1.807) is 0 Å². The van der Waals surface area contributed by atoms with Gasteiger partial charge in [0.1, 0.15) is 0 Å². The summed E-state index contributed by atoms with van der Waals surface area (Å²) in [5.74, 6) is -1.06. The van der Waals surface area contributed by atoms with E-state index in [1.165, 1.54) is 18.3 Å². The quantitative estimate of drug-likeness (QED) is 0.797. The summed E-state index contributed by atoms with van der Waals surface area (Å²) >= 11 is 0. The molecule has 0 unspecified atom stereocenters. The van der Waals surface area contributed by atoms with Gasteiger partial charge in [0.15, 0.2) is 6.61 Å². The molecular formula is C15H14N2O4. The molecule has 2 aromatic rings. The number of benzene rings is 1. The van der Waals surface area contributed by atoms with E-state index >= 15 is 0 Å². The molecule has 0 radical (unpaired) electrons. The second-order valence-corrected chi connectivity index (χ2v) is 4.28. The minimum absolute atomic E-state index is 0.186. The molecule has 0 atom stereocenters. The van der Waals surface area contributed by atoms with Gasteiger partial charge in [0, 0.05) is 18.8 Å². The van der Waals surface area contributed by atoms with Gasteiger partial charge in [-0.2, -0.15) is 0 Å². The van der Waals surface area contributed by atoms with Crippen LogP contribution in [0.4, 0.5) is 0 Å². The third kappa shape index (κ3) is 4.61. The van der Waals surface area contributed by atoms with E-state index in [4.69, 9.17) is 4.74 Å². The van der Waals surface area contributed by atoms with Crippen molar-refractivity contribution in [1.29, 1.82) is 0 Å². The minimum atomic E-state index is -0.666. The molecule has 1 aromatic carbocycles. The van der Waals surface area contributed by atoms with Crippen LogP contribution in [0.1, 0.15) is 15.9 Å². The van der Waals surface area contributed by atoms with Gasteiger partial charge in [0.25, 0.3) is 5.91 Å². The monoisotopic (exact) mass is 286 g/mol. The zero-order valence-electron chi connectivity index (χ0n) is 11.2. The molecule has 1 heterocycles. The van der Waals surface area contributed by atoms with Gasteiger partial charge in [0.05, 0.1) is 5.56 Å². The lowest BCUT2D eigenvalue weighted by atomic mass is 10.2. The second-order valence-electron chi connectivity index (χ2n) is 4.28. The van der Waals surface area contributed by atoms with E-state index in [2.05, 4.69) is 10.3 Å². The molecular weight excluding hydrogens is 272 g/mol. The largest absolute Gasteiger partial charge is 0.452 e. The van der Waals surface area contributed by atoms with Crippen molar-refractivity contribution in [2.45, 2.75) is 6.54 Å². The van der Waals surface area contributed by atoms with E-state index in [9.17, 15) is 14.4 Å². The third-order valence-corrected chi connectivity index (χ3v) is 2.69. The van der Waals surface area contributed by atoms with Gasteiger partial charge < -0.3 is 15.0 Å². The van der Waals surface area contributed by atoms with Gasteiger partial charge in [0.2, 0.25) is 5.56 Å². The first-order valence-corrected chi connectivity index (χ1v) is 6.31. The highest BCUT2D eigenvalue weighted by molar-refractivity contribution is 5.90. The first kappa shape index (κ1) is 14.5. The van der Waals surface area contributed by atoms with Crippen LogP contribution in [0.3, 0.4) is 0 Å². The molecule has 0 aliphatic heterocycles. The Morgan fingerprint density at radius 2 is 1.86 bits per heavy atom. The van der Waals surface area contributed by atoms with Gasteiger partial charge in [-0.25, -0.2) is 4.79 Å². The van der Waals surface area contributed by atoms with Crippen molar-refractivity contribution in [1.82, 2.24) is 10.3 Å². The molecule has 0 aliphatic carbocycles. The van der Waals surface area contributed by atoms with Gasteiger partial charge in [-0.3, -0.25) is 9.59 Å². The number of amides is 1. The molecule has 6 heteroatoms. The van der Waals surface area contributed by atoms with Crippen molar-refractivity contribution >= 4 is 11.9 Å². The Bertz CT molecular complexity index is 659. The number of nitrogens with one attached hydrogen (secondary N) is 2. The van der Waals surface area contributed by atoms with Crippen LogP contribution >= 0.6 is 0 Å². The maximum absolute atomic E-state index is 11.6. The lowest BCUT2D eigenvalue weighted by Crippen LogP contribution is -2.28. The van der Waals surface area contributed by atoms with Gasteiger partial charge in [-0.05, 0) is 11.6 Å². The second kappa shape index (κ2) is 7.04. The summed E-state index contributed by atoms with van der Waals surface area (Å²) < 4.78 is 4.85. The number of carbonyl (C=O) groups excluding carboxylic acids is 2. The van der Waals surface area contributed by atoms with Crippen LogP contribution in [0.25, 0.3) is 0 Å². The number of ether oxygens (including phenoxy) is 1. The number of carbonyl (C=O) groups is 2. The molecule has 0 saturated carbocycles. The Morgan fingerprint density at radius 1 is 1.10 bits per heavy atom. The normalized spacial score (nSPS) is 9.90. The molecule has 1 aromatic heterocycles. The van der Waals surface area contributed by atoms with Crippen LogP contribution in [0.15, 0.2) is 53.5 Å². The Morgan fingerprint density at radius 3 is 2.52 bits per heavy atom. The fourth-order valence-corrected chi connectivity index (χ4v) is 1.60. The van der Waals surface area contributed by atoms with E-state index < -0.39 is 11.9 Å². The third-order valence-electron chi connectivity index (χ3n) is 2.69. The van der Waals surface area contributed by atoms with Crippen molar-refractivity contribution in [2.24, 2.45) is 0 Å². The van der Waals surface area contributed by atoms with Crippen molar-refractivity contribution in [3.8, 4) is 0 Å². The highest BCUT2D eigenvalue weighted by Gasteiger charge is 2.09. The Kier molecular flexibility index (Phi) is 4.87. The molecule has 0 fully saturated rings. The van der Waals surface area contributed by atoms with Crippen LogP contribution in [0.2, 0.25) is 0 Å². The number of esters is 1. The van der Waals surface area contributed by atoms with E-state index in [1.807, 2.05) is 30.3 Å². The molecule has 0 bridgehead atoms. The Labute approximate surface area is 120 Å². The van der Waals surface area contributed by atoms with Crippen LogP contribution in [-0.4, -0.2) is 23.5 Å². The standard InChI is InChI=1S/C15H14N2O4/c18-13-7-6-12(9-17-13)15(20)21-10-14(19)16-8-11-4-2-1-3-5-11/h1-7,9H,8,10H2,(H,16,19)(H,17,18). The number of hydrogen-bond donors (Lipinski definition) is 2. The summed E-state index contributed by atoms with van der Waals surface area (Å²) in [5, 5.41) is 2.64. The number of pyridine rings is 1. The fourth-order valence-electron chi connectivity index (χ4n) is 1.60. The number of aromatic nitrogens is 1. The summed E-state index contributed by atoms with van der Waals surface area (Å²) in [7, 11) is 0. The van der Waals surface area contributed by atoms with Crippen LogP contribution in [0.5, 0.6) is 0 Å². The molecule has 1 amide bonds. The van der Waals surface area contributed by atoms with E-state index in [0.29, 0.717) is 6.54 Å². The molecule has 108 valence electrons. The zero-order chi connectivity index (χ0) is 15.1. The average Bonchev–Trinajstić information content (AvgIpc) is 2.52. The molecule has 21 heavy (non-hydrogen) atoms. The summed E-state index contributed by atoms with van der Waals surface area (Å²) in [5.41, 5.74) is 0.829. The van der Waals surface area contributed by atoms with Crippen molar-refractivity contribution in [3.05, 3.63) is 70.1 Å². The van der Waals surface area contributed by atoms with Gasteiger partial charge in [-0.1, -0.05) is 30.3 Å². The summed E-state index contributed by atoms with van der Waals surface area (Å²) in [6.07, 6.45) is 1.24. The molecule has 2 rings (SSSR count). The average molecular weight is 286 g/mol. The fraction of sp³-hybridized carbons (Fsp3) is 0.133. The van der Waals surface area contributed by atoms with Crippen LogP contribution < -0.4 is 10.9 Å². The van der Waals surface area contributed by atoms with Gasteiger partial charge in [-0.15, -0.1) is 0 Å². The first-order chi connectivity index (χ1) is 10.1. The Balaban J connectivity index is 1.77. The minimum Gasteiger partial charge on any atom is -0.452 e. The lowest BCUT2D eigenvalue weighted by molar-refractivity contribution is -0.124. The molecule has 2 N–H and O–H groups in total. The van der Waals surface area contributed by atoms with Crippen LogP contribution in [-0.2, 0) is 16.1 Å². The highest BCUT2D eigenvalue weighted by atomic mass is 16.5. The maximum atomic E-state index is 11.6.